The number of benzene rings is 3. The number of alkyl halides is 1. The predicted molar refractivity (Wildman–Crippen MR) is 155 cm³/mol. The highest BCUT2D eigenvalue weighted by molar-refractivity contribution is 7.87. The van der Waals surface area contributed by atoms with Crippen molar-refractivity contribution in [2.45, 2.75) is 50.3 Å². The van der Waals surface area contributed by atoms with E-state index in [0.29, 0.717) is 0 Å². The smallest absolute Gasteiger partial charge is 0.298 e. The van der Waals surface area contributed by atoms with Gasteiger partial charge in [-0.1, -0.05) is 99.6 Å². The fourth-order valence-corrected chi connectivity index (χ4v) is 5.60. The van der Waals surface area contributed by atoms with Crippen LogP contribution in [0, 0.1) is 13.8 Å². The first-order chi connectivity index (χ1) is 19.0. The third kappa shape index (κ3) is 9.41. The first-order valence-corrected chi connectivity index (χ1v) is 14.6. The first-order valence-electron chi connectivity index (χ1n) is 12.1. The van der Waals surface area contributed by atoms with E-state index in [-0.39, 0.29) is 34.9 Å². The SMILES string of the molecule is CO/N=C\[C@@H](F)[C@H](OCc1ccc(C)cc1)[C@@H](COCc1ccc(C)cc1)OS(=O)(=O)c1cc(Cl)c(Cl)cc1Cl. The minimum absolute atomic E-state index is 0.0441. The molecule has 0 N–H and O–H groups in total. The van der Waals surface area contributed by atoms with Gasteiger partial charge in [-0.05, 0) is 37.1 Å². The number of aryl methyl sites for hydroxylation is 2. The summed E-state index contributed by atoms with van der Waals surface area (Å²) in [5.74, 6) is 0. The Morgan fingerprint density at radius 1 is 0.875 bits per heavy atom. The number of rotatable bonds is 14. The molecule has 0 saturated heterocycles. The monoisotopic (exact) mass is 631 g/mol. The Morgan fingerprint density at radius 3 is 2.00 bits per heavy atom. The Kier molecular flexibility index (Phi) is 12.2. The molecule has 3 atom stereocenters. The lowest BCUT2D eigenvalue weighted by atomic mass is 10.1. The van der Waals surface area contributed by atoms with Gasteiger partial charge in [0.2, 0.25) is 0 Å². The molecule has 216 valence electrons. The van der Waals surface area contributed by atoms with Gasteiger partial charge in [-0.15, -0.1) is 0 Å². The molecule has 3 aromatic rings. The molecule has 3 rings (SSSR count). The molecule has 0 heterocycles. The number of hydrogen-bond donors (Lipinski definition) is 0. The summed E-state index contributed by atoms with van der Waals surface area (Å²) in [5, 5.41) is 3.28. The van der Waals surface area contributed by atoms with Crippen LogP contribution >= 0.6 is 34.8 Å². The Hall–Kier alpha value is -2.24. The number of nitrogens with zero attached hydrogens (tertiary/aromatic N) is 1. The molecular formula is C28H29Cl3FNO6S. The molecule has 0 radical (unpaired) electrons. The average Bonchev–Trinajstić information content (AvgIpc) is 2.91. The summed E-state index contributed by atoms with van der Waals surface area (Å²) >= 11 is 18.2. The standard InChI is InChI=1S/C28H29Cl3FNO6S/c1-18-4-8-20(9-5-18)15-37-17-26(39-40(34,35)27-13-23(30)22(29)12-24(27)31)28(25(32)14-33-36-3)38-16-21-10-6-19(2)7-11-21/h4-14,25-26,28H,15-17H2,1-3H3/b33-14-/t25-,26-,28+/m1/s1. The lowest BCUT2D eigenvalue weighted by Crippen LogP contribution is -2.44. The second-order valence-corrected chi connectivity index (χ2v) is 11.7. The molecule has 0 aliphatic rings. The van der Waals surface area contributed by atoms with Crippen LogP contribution in [0.5, 0.6) is 0 Å². The molecule has 0 bridgehead atoms. The van der Waals surface area contributed by atoms with E-state index < -0.39 is 33.4 Å². The van der Waals surface area contributed by atoms with E-state index in [0.717, 1.165) is 34.5 Å². The molecular weight excluding hydrogens is 604 g/mol. The van der Waals surface area contributed by atoms with Gasteiger partial charge in [-0.2, -0.15) is 8.42 Å². The lowest BCUT2D eigenvalue weighted by Gasteiger charge is -2.28. The van der Waals surface area contributed by atoms with E-state index in [1.165, 1.54) is 13.2 Å². The van der Waals surface area contributed by atoms with Crippen molar-refractivity contribution in [1.29, 1.82) is 0 Å². The summed E-state index contributed by atoms with van der Waals surface area (Å²) in [6, 6.07) is 17.2. The molecule has 0 aliphatic carbocycles. The molecule has 40 heavy (non-hydrogen) atoms. The second-order valence-electron chi connectivity index (χ2n) is 8.93. The fourth-order valence-electron chi connectivity index (χ4n) is 3.55. The zero-order chi connectivity index (χ0) is 29.3. The topological polar surface area (TPSA) is 83.4 Å². The van der Waals surface area contributed by atoms with Gasteiger partial charge in [-0.3, -0.25) is 4.18 Å². The van der Waals surface area contributed by atoms with Crippen molar-refractivity contribution in [3.05, 3.63) is 98.0 Å². The quantitative estimate of drug-likeness (QED) is 0.0815. The Balaban J connectivity index is 1.92. The highest BCUT2D eigenvalue weighted by atomic mass is 35.5. The van der Waals surface area contributed by atoms with Crippen molar-refractivity contribution >= 4 is 51.1 Å². The molecule has 0 saturated carbocycles. The van der Waals surface area contributed by atoms with Gasteiger partial charge in [0, 0.05) is 0 Å². The van der Waals surface area contributed by atoms with Crippen LogP contribution in [0.2, 0.25) is 15.1 Å². The summed E-state index contributed by atoms with van der Waals surface area (Å²) < 4.78 is 59.4. The van der Waals surface area contributed by atoms with Gasteiger partial charge >= 0.3 is 0 Å². The zero-order valence-electron chi connectivity index (χ0n) is 22.0. The summed E-state index contributed by atoms with van der Waals surface area (Å²) in [6.45, 7) is 3.60. The number of oxime groups is 1. The molecule has 0 aromatic heterocycles. The normalized spacial score (nSPS) is 14.3. The minimum Gasteiger partial charge on any atom is -0.399 e. The van der Waals surface area contributed by atoms with Crippen LogP contribution in [0.15, 0.2) is 70.7 Å². The zero-order valence-corrected chi connectivity index (χ0v) is 25.1. The molecule has 0 amide bonds. The summed E-state index contributed by atoms with van der Waals surface area (Å²) in [4.78, 5) is 4.18. The van der Waals surface area contributed by atoms with Crippen molar-refractivity contribution in [1.82, 2.24) is 0 Å². The van der Waals surface area contributed by atoms with E-state index >= 15 is 4.39 Å². The molecule has 0 fully saturated rings. The van der Waals surface area contributed by atoms with Crippen LogP contribution in [-0.2, 0) is 41.8 Å². The maximum absolute atomic E-state index is 15.5. The molecule has 0 aliphatic heterocycles. The number of halogens is 4. The number of hydrogen-bond acceptors (Lipinski definition) is 7. The van der Waals surface area contributed by atoms with Crippen LogP contribution in [0.1, 0.15) is 22.3 Å². The maximum atomic E-state index is 15.5. The summed E-state index contributed by atoms with van der Waals surface area (Å²) in [6.07, 6.45) is -4.02. The highest BCUT2D eigenvalue weighted by Crippen LogP contribution is 2.33. The number of ether oxygens (including phenoxy) is 2. The first kappa shape index (κ1) is 32.3. The van der Waals surface area contributed by atoms with Crippen LogP contribution in [0.3, 0.4) is 0 Å². The van der Waals surface area contributed by atoms with Gasteiger partial charge in [-0.25, -0.2) is 4.39 Å². The Morgan fingerprint density at radius 2 is 1.43 bits per heavy atom. The lowest BCUT2D eigenvalue weighted by molar-refractivity contribution is -0.0854. The fraction of sp³-hybridized carbons (Fsp3) is 0.321. The summed E-state index contributed by atoms with van der Waals surface area (Å²) in [5.41, 5.74) is 3.67. The van der Waals surface area contributed by atoms with Crippen molar-refractivity contribution in [3.8, 4) is 0 Å². The van der Waals surface area contributed by atoms with Crippen LogP contribution in [-0.4, -0.2) is 46.7 Å². The van der Waals surface area contributed by atoms with Gasteiger partial charge in [0.25, 0.3) is 10.1 Å². The van der Waals surface area contributed by atoms with Gasteiger partial charge < -0.3 is 14.3 Å². The van der Waals surface area contributed by atoms with Crippen molar-refractivity contribution in [2.75, 3.05) is 13.7 Å². The van der Waals surface area contributed by atoms with E-state index in [2.05, 4.69) is 9.99 Å². The van der Waals surface area contributed by atoms with E-state index in [9.17, 15) is 8.42 Å². The van der Waals surface area contributed by atoms with Crippen LogP contribution in [0.25, 0.3) is 0 Å². The molecule has 0 spiro atoms. The molecule has 7 nitrogen and oxygen atoms in total. The summed E-state index contributed by atoms with van der Waals surface area (Å²) in [7, 11) is -3.34. The second kappa shape index (κ2) is 15.1. The third-order valence-electron chi connectivity index (χ3n) is 5.72. The van der Waals surface area contributed by atoms with Crippen molar-refractivity contribution < 1.29 is 31.3 Å². The Bertz CT molecular complexity index is 1390. The van der Waals surface area contributed by atoms with E-state index in [4.69, 9.17) is 48.5 Å². The largest absolute Gasteiger partial charge is 0.399 e. The highest BCUT2D eigenvalue weighted by Gasteiger charge is 2.36. The third-order valence-corrected chi connectivity index (χ3v) is 8.24. The van der Waals surface area contributed by atoms with Gasteiger partial charge in [0.1, 0.15) is 24.2 Å². The predicted octanol–water partition coefficient (Wildman–Crippen LogP) is 7.11. The average molecular weight is 633 g/mol. The van der Waals surface area contributed by atoms with E-state index in [1.807, 2.05) is 62.4 Å². The Labute approximate surface area is 248 Å². The van der Waals surface area contributed by atoms with E-state index in [1.54, 1.807) is 0 Å². The van der Waals surface area contributed by atoms with Crippen molar-refractivity contribution in [3.63, 3.8) is 0 Å². The molecule has 0 unspecified atom stereocenters. The molecule has 3 aromatic carbocycles. The van der Waals surface area contributed by atoms with Crippen LogP contribution < -0.4 is 0 Å². The van der Waals surface area contributed by atoms with Gasteiger partial charge in [0.05, 0.1) is 41.1 Å². The van der Waals surface area contributed by atoms with Crippen molar-refractivity contribution in [2.24, 2.45) is 5.16 Å². The molecule has 12 heteroatoms. The minimum atomic E-state index is -4.60. The maximum Gasteiger partial charge on any atom is 0.298 e. The van der Waals surface area contributed by atoms with Crippen LogP contribution in [0.4, 0.5) is 4.39 Å². The van der Waals surface area contributed by atoms with Gasteiger partial charge in [0.15, 0.2) is 6.17 Å².